The first kappa shape index (κ1) is 19.6. The maximum absolute atomic E-state index is 12.1. The normalized spacial score (nSPS) is 11.9. The molecule has 0 saturated heterocycles. The highest BCUT2D eigenvalue weighted by molar-refractivity contribution is 7.88. The lowest BCUT2D eigenvalue weighted by atomic mass is 10.1. The van der Waals surface area contributed by atoms with Crippen molar-refractivity contribution < 1.29 is 13.2 Å². The maximum Gasteiger partial charge on any atom is 0.251 e. The lowest BCUT2D eigenvalue weighted by Crippen LogP contribution is -2.39. The summed E-state index contributed by atoms with van der Waals surface area (Å²) in [6.07, 6.45) is 1.96. The summed E-state index contributed by atoms with van der Waals surface area (Å²) < 4.78 is 25.0. The van der Waals surface area contributed by atoms with Crippen molar-refractivity contribution in [3.8, 4) is 0 Å². The Bertz CT molecular complexity index is 615. The van der Waals surface area contributed by atoms with Crippen LogP contribution >= 0.6 is 0 Å². The van der Waals surface area contributed by atoms with E-state index in [-0.39, 0.29) is 12.5 Å². The molecule has 130 valence electrons. The number of amides is 1. The average Bonchev–Trinajstić information content (AvgIpc) is 2.44. The minimum Gasteiger partial charge on any atom is -0.351 e. The molecule has 0 saturated carbocycles. The molecule has 0 atom stereocenters. The Morgan fingerprint density at radius 1 is 1.13 bits per heavy atom. The van der Waals surface area contributed by atoms with Crippen molar-refractivity contribution in [3.63, 3.8) is 0 Å². The fraction of sp³-hybridized carbons (Fsp3) is 0.562. The molecule has 0 unspecified atom stereocenters. The first-order chi connectivity index (χ1) is 10.7. The predicted molar refractivity (Wildman–Crippen MR) is 93.1 cm³/mol. The van der Waals surface area contributed by atoms with Gasteiger partial charge >= 0.3 is 0 Å². The Hall–Kier alpha value is -1.44. The molecule has 0 aliphatic heterocycles. The molecule has 0 aliphatic carbocycles. The Morgan fingerprint density at radius 3 is 2.35 bits per heavy atom. The average molecular weight is 341 g/mol. The molecule has 1 amide bonds. The summed E-state index contributed by atoms with van der Waals surface area (Å²) in [6.45, 7) is 3.73. The second-order valence-corrected chi connectivity index (χ2v) is 7.87. The van der Waals surface area contributed by atoms with Gasteiger partial charge in [-0.05, 0) is 45.6 Å². The van der Waals surface area contributed by atoms with Crippen molar-refractivity contribution in [1.29, 1.82) is 0 Å². The monoisotopic (exact) mass is 341 g/mol. The molecular weight excluding hydrogens is 314 g/mol. The third-order valence-corrected chi connectivity index (χ3v) is 4.82. The molecule has 1 aromatic carbocycles. The van der Waals surface area contributed by atoms with Crippen molar-refractivity contribution in [2.45, 2.75) is 13.3 Å². The third-order valence-electron chi connectivity index (χ3n) is 3.52. The topological polar surface area (TPSA) is 69.7 Å². The number of nitrogens with one attached hydrogen (secondary N) is 1. The number of benzene rings is 1. The third kappa shape index (κ3) is 7.11. The number of carbonyl (C=O) groups is 1. The van der Waals surface area contributed by atoms with Gasteiger partial charge in [0, 0.05) is 25.2 Å². The lowest BCUT2D eigenvalue weighted by Gasteiger charge is -2.21. The maximum atomic E-state index is 12.1. The van der Waals surface area contributed by atoms with Crippen LogP contribution in [-0.2, 0) is 10.0 Å². The molecule has 0 fully saturated rings. The molecule has 0 aromatic heterocycles. The van der Waals surface area contributed by atoms with Crippen LogP contribution in [0, 0.1) is 6.92 Å². The van der Waals surface area contributed by atoms with Gasteiger partial charge in [0.15, 0.2) is 0 Å². The molecule has 6 nitrogen and oxygen atoms in total. The van der Waals surface area contributed by atoms with Crippen molar-refractivity contribution >= 4 is 15.9 Å². The largest absolute Gasteiger partial charge is 0.351 e. The number of rotatable bonds is 9. The summed E-state index contributed by atoms with van der Waals surface area (Å²) in [4.78, 5) is 14.1. The first-order valence-electron chi connectivity index (χ1n) is 7.65. The predicted octanol–water partition coefficient (Wildman–Crippen LogP) is 0.938. The molecule has 23 heavy (non-hydrogen) atoms. The van der Waals surface area contributed by atoms with Gasteiger partial charge in [-0.15, -0.1) is 0 Å². The van der Waals surface area contributed by atoms with E-state index in [1.807, 2.05) is 44.1 Å². The second-order valence-electron chi connectivity index (χ2n) is 5.89. The molecule has 1 N–H and O–H groups in total. The van der Waals surface area contributed by atoms with Gasteiger partial charge in [-0.25, -0.2) is 12.7 Å². The summed E-state index contributed by atoms with van der Waals surface area (Å²) >= 11 is 0. The van der Waals surface area contributed by atoms with Crippen LogP contribution in [-0.4, -0.2) is 70.1 Å². The van der Waals surface area contributed by atoms with E-state index in [4.69, 9.17) is 0 Å². The lowest BCUT2D eigenvalue weighted by molar-refractivity contribution is 0.0951. The van der Waals surface area contributed by atoms with E-state index in [0.29, 0.717) is 18.7 Å². The van der Waals surface area contributed by atoms with Crippen molar-refractivity contribution in [2.75, 3.05) is 46.5 Å². The van der Waals surface area contributed by atoms with Crippen molar-refractivity contribution in [1.82, 2.24) is 14.5 Å². The van der Waals surface area contributed by atoms with Crippen LogP contribution in [0.5, 0.6) is 0 Å². The zero-order chi connectivity index (χ0) is 17.5. The van der Waals surface area contributed by atoms with Crippen LogP contribution in [0.25, 0.3) is 0 Å². The van der Waals surface area contributed by atoms with E-state index < -0.39 is 10.0 Å². The zero-order valence-electron chi connectivity index (χ0n) is 14.4. The number of sulfonamides is 1. The fourth-order valence-electron chi connectivity index (χ4n) is 2.22. The van der Waals surface area contributed by atoms with E-state index in [1.165, 1.54) is 10.6 Å². The van der Waals surface area contributed by atoms with Gasteiger partial charge in [0.2, 0.25) is 10.0 Å². The van der Waals surface area contributed by atoms with Crippen molar-refractivity contribution in [3.05, 3.63) is 35.4 Å². The van der Waals surface area contributed by atoms with Gasteiger partial charge < -0.3 is 10.2 Å². The number of aryl methyl sites for hydroxylation is 1. The molecule has 0 radical (unpaired) electrons. The fourth-order valence-corrected chi connectivity index (χ4v) is 3.11. The zero-order valence-corrected chi connectivity index (χ0v) is 15.2. The molecule has 1 rings (SSSR count). The molecule has 0 bridgehead atoms. The Labute approximate surface area is 139 Å². The Balaban J connectivity index is 2.52. The Morgan fingerprint density at radius 2 is 1.78 bits per heavy atom. The number of nitrogens with zero attached hydrogens (tertiary/aromatic N) is 2. The van der Waals surface area contributed by atoms with E-state index in [2.05, 4.69) is 5.32 Å². The molecular formula is C16H27N3O3S. The minimum atomic E-state index is -3.27. The van der Waals surface area contributed by atoms with E-state index in [0.717, 1.165) is 18.5 Å². The molecule has 0 aliphatic rings. The Kier molecular flexibility index (Phi) is 7.67. The van der Waals surface area contributed by atoms with E-state index in [1.54, 1.807) is 6.07 Å². The molecule has 1 aromatic rings. The van der Waals surface area contributed by atoms with Crippen LogP contribution in [0.15, 0.2) is 24.3 Å². The van der Waals surface area contributed by atoms with E-state index >= 15 is 0 Å². The number of hydrogen-bond donors (Lipinski definition) is 1. The second kappa shape index (κ2) is 9.00. The van der Waals surface area contributed by atoms with Gasteiger partial charge in [0.25, 0.3) is 5.91 Å². The number of carbonyl (C=O) groups excluding carboxylic acids is 1. The van der Waals surface area contributed by atoms with Gasteiger partial charge in [-0.2, -0.15) is 0 Å². The minimum absolute atomic E-state index is 0.176. The van der Waals surface area contributed by atoms with Crippen LogP contribution in [0.1, 0.15) is 22.3 Å². The summed E-state index contributed by atoms with van der Waals surface area (Å²) in [6, 6.07) is 7.32. The summed E-state index contributed by atoms with van der Waals surface area (Å²) in [7, 11) is 0.633. The quantitative estimate of drug-likeness (QED) is 0.726. The SMILES string of the molecule is Cc1ccccc1C(=O)NCCN(CCCN(C)C)S(C)(=O)=O. The van der Waals surface area contributed by atoms with Crippen LogP contribution in [0.2, 0.25) is 0 Å². The summed E-state index contributed by atoms with van der Waals surface area (Å²) in [5, 5.41) is 2.79. The summed E-state index contributed by atoms with van der Waals surface area (Å²) in [5.41, 5.74) is 1.52. The first-order valence-corrected chi connectivity index (χ1v) is 9.50. The van der Waals surface area contributed by atoms with Gasteiger partial charge in [-0.1, -0.05) is 18.2 Å². The molecule has 0 heterocycles. The van der Waals surface area contributed by atoms with Gasteiger partial charge in [-0.3, -0.25) is 4.79 Å². The van der Waals surface area contributed by atoms with Crippen LogP contribution < -0.4 is 5.32 Å². The smallest absolute Gasteiger partial charge is 0.251 e. The highest BCUT2D eigenvalue weighted by Gasteiger charge is 2.16. The van der Waals surface area contributed by atoms with Gasteiger partial charge in [0.1, 0.15) is 0 Å². The van der Waals surface area contributed by atoms with Crippen LogP contribution in [0.4, 0.5) is 0 Å². The molecule has 0 spiro atoms. The molecule has 7 heteroatoms. The van der Waals surface area contributed by atoms with Crippen molar-refractivity contribution in [2.24, 2.45) is 0 Å². The highest BCUT2D eigenvalue weighted by atomic mass is 32.2. The number of hydrogen-bond acceptors (Lipinski definition) is 4. The van der Waals surface area contributed by atoms with Crippen LogP contribution in [0.3, 0.4) is 0 Å². The highest BCUT2D eigenvalue weighted by Crippen LogP contribution is 2.06. The van der Waals surface area contributed by atoms with E-state index in [9.17, 15) is 13.2 Å². The summed E-state index contributed by atoms with van der Waals surface area (Å²) in [5.74, 6) is -0.176. The standard InChI is InChI=1S/C16H27N3O3S/c1-14-8-5-6-9-15(14)16(20)17-10-13-19(23(4,21)22)12-7-11-18(2)3/h5-6,8-9H,7,10-13H2,1-4H3,(H,17,20). The van der Waals surface area contributed by atoms with Gasteiger partial charge in [0.05, 0.1) is 6.26 Å².